The zero-order chi connectivity index (χ0) is 12.4. The molecule has 0 spiro atoms. The minimum Gasteiger partial charge on any atom is -0.475 e. The highest BCUT2D eigenvalue weighted by molar-refractivity contribution is 7.84. The van der Waals surface area contributed by atoms with Crippen LogP contribution in [0.15, 0.2) is 16.7 Å². The molecular weight excluding hydrogens is 244 g/mol. The summed E-state index contributed by atoms with van der Waals surface area (Å²) in [5.41, 5.74) is 0.481. The molecule has 0 saturated carbocycles. The molecule has 0 bridgehead atoms. The summed E-state index contributed by atoms with van der Waals surface area (Å²) in [6.07, 6.45) is 2.04. The van der Waals surface area contributed by atoms with Crippen molar-refractivity contribution in [3.05, 3.63) is 23.7 Å². The second kappa shape index (κ2) is 5.01. The molecule has 2 heterocycles. The van der Waals surface area contributed by atoms with Crippen molar-refractivity contribution in [1.82, 2.24) is 0 Å². The fourth-order valence-corrected chi connectivity index (χ4v) is 3.57. The quantitative estimate of drug-likeness (QED) is 0.883. The van der Waals surface area contributed by atoms with Gasteiger partial charge in [-0.2, -0.15) is 0 Å². The number of carbonyl (C=O) groups is 1. The Kier molecular flexibility index (Phi) is 3.63. The Labute approximate surface area is 101 Å². The van der Waals surface area contributed by atoms with Gasteiger partial charge in [0.05, 0.1) is 23.4 Å². The van der Waals surface area contributed by atoms with Crippen LogP contribution in [0.2, 0.25) is 0 Å². The Morgan fingerprint density at radius 3 is 3.00 bits per heavy atom. The molecule has 0 amide bonds. The van der Waals surface area contributed by atoms with Crippen molar-refractivity contribution in [2.45, 2.75) is 30.5 Å². The zero-order valence-electron chi connectivity index (χ0n) is 9.42. The third-order valence-corrected chi connectivity index (χ3v) is 4.77. The average Bonchev–Trinajstić information content (AvgIpc) is 2.86. The van der Waals surface area contributed by atoms with Gasteiger partial charge in [0.2, 0.25) is 5.76 Å². The van der Waals surface area contributed by atoms with E-state index in [-0.39, 0.29) is 22.9 Å². The molecule has 5 nitrogen and oxygen atoms in total. The molecule has 1 aromatic rings. The summed E-state index contributed by atoms with van der Waals surface area (Å²) in [5, 5.41) is 8.85. The molecule has 2 rings (SSSR count). The number of carboxylic acids is 1. The van der Waals surface area contributed by atoms with Crippen molar-refractivity contribution in [1.29, 1.82) is 0 Å². The first-order valence-corrected chi connectivity index (χ1v) is 6.76. The Morgan fingerprint density at radius 1 is 1.65 bits per heavy atom. The van der Waals surface area contributed by atoms with E-state index >= 15 is 0 Å². The van der Waals surface area contributed by atoms with Crippen LogP contribution in [0, 0.1) is 0 Å². The molecule has 1 aromatic heterocycles. The van der Waals surface area contributed by atoms with Gasteiger partial charge in [-0.3, -0.25) is 4.21 Å². The molecule has 17 heavy (non-hydrogen) atoms. The summed E-state index contributed by atoms with van der Waals surface area (Å²) in [6, 6.07) is 1.56. The molecular formula is C11H14O5S. The molecule has 3 unspecified atom stereocenters. The van der Waals surface area contributed by atoms with Gasteiger partial charge in [0.25, 0.3) is 0 Å². The molecule has 6 heteroatoms. The molecule has 3 atom stereocenters. The highest BCUT2D eigenvalue weighted by Crippen LogP contribution is 2.22. The normalized spacial score (nSPS) is 25.9. The van der Waals surface area contributed by atoms with Gasteiger partial charge in [0.1, 0.15) is 0 Å². The van der Waals surface area contributed by atoms with E-state index < -0.39 is 16.8 Å². The second-order valence-corrected chi connectivity index (χ2v) is 5.66. The highest BCUT2D eigenvalue weighted by Gasteiger charge is 2.30. The number of aromatic carboxylic acids is 1. The van der Waals surface area contributed by atoms with Gasteiger partial charge < -0.3 is 14.3 Å². The molecule has 1 saturated heterocycles. The lowest BCUT2D eigenvalue weighted by atomic mass is 10.2. The van der Waals surface area contributed by atoms with Crippen LogP contribution in [0.1, 0.15) is 29.5 Å². The van der Waals surface area contributed by atoms with Crippen LogP contribution in [0.4, 0.5) is 0 Å². The summed E-state index contributed by atoms with van der Waals surface area (Å²) >= 11 is 0. The predicted molar refractivity (Wildman–Crippen MR) is 61.3 cm³/mol. The van der Waals surface area contributed by atoms with E-state index in [2.05, 4.69) is 0 Å². The number of rotatable bonds is 4. The maximum atomic E-state index is 12.1. The van der Waals surface area contributed by atoms with E-state index in [1.807, 2.05) is 6.92 Å². The van der Waals surface area contributed by atoms with Crippen LogP contribution in [0.5, 0.6) is 0 Å². The standard InChI is InChI=1S/C11H14O5S/c1-7-9(3-5-15-7)17(14)6-8-2-4-16-10(8)11(12)13/h2,4,7,9H,3,5-6H2,1H3,(H,12,13). The molecule has 0 aliphatic carbocycles. The minimum absolute atomic E-state index is 0.0217. The smallest absolute Gasteiger partial charge is 0.372 e. The topological polar surface area (TPSA) is 76.7 Å². The third-order valence-electron chi connectivity index (χ3n) is 2.88. The first-order valence-electron chi connectivity index (χ1n) is 5.38. The number of carboxylic acid groups (broad SMARTS) is 1. The third kappa shape index (κ3) is 2.58. The Bertz CT molecular complexity index is 439. The first-order chi connectivity index (χ1) is 8.09. The Morgan fingerprint density at radius 2 is 2.41 bits per heavy atom. The number of hydrogen-bond acceptors (Lipinski definition) is 4. The maximum Gasteiger partial charge on any atom is 0.372 e. The fraction of sp³-hybridized carbons (Fsp3) is 0.545. The molecule has 0 radical (unpaired) electrons. The SMILES string of the molecule is CC1OCCC1S(=O)Cc1ccoc1C(=O)O. The lowest BCUT2D eigenvalue weighted by Crippen LogP contribution is -2.24. The van der Waals surface area contributed by atoms with Crippen molar-refractivity contribution in [3.63, 3.8) is 0 Å². The van der Waals surface area contributed by atoms with Crippen molar-refractivity contribution in [3.8, 4) is 0 Å². The summed E-state index contributed by atoms with van der Waals surface area (Å²) in [4.78, 5) is 10.8. The van der Waals surface area contributed by atoms with Gasteiger partial charge in [0.15, 0.2) is 0 Å². The number of hydrogen-bond donors (Lipinski definition) is 1. The van der Waals surface area contributed by atoms with Gasteiger partial charge in [-0.25, -0.2) is 4.79 Å². The average molecular weight is 258 g/mol. The van der Waals surface area contributed by atoms with E-state index in [1.54, 1.807) is 6.07 Å². The van der Waals surface area contributed by atoms with Crippen LogP contribution >= 0.6 is 0 Å². The van der Waals surface area contributed by atoms with Gasteiger partial charge in [-0.05, 0) is 19.4 Å². The largest absolute Gasteiger partial charge is 0.475 e. The fourth-order valence-electron chi connectivity index (χ4n) is 1.95. The molecule has 1 aliphatic rings. The molecule has 94 valence electrons. The van der Waals surface area contributed by atoms with E-state index in [0.29, 0.717) is 12.2 Å². The summed E-state index contributed by atoms with van der Waals surface area (Å²) in [7, 11) is -1.13. The van der Waals surface area contributed by atoms with E-state index in [4.69, 9.17) is 14.3 Å². The van der Waals surface area contributed by atoms with Gasteiger partial charge in [0, 0.05) is 23.0 Å². The monoisotopic (exact) mass is 258 g/mol. The maximum absolute atomic E-state index is 12.1. The van der Waals surface area contributed by atoms with E-state index in [0.717, 1.165) is 6.42 Å². The summed E-state index contributed by atoms with van der Waals surface area (Å²) in [6.45, 7) is 2.51. The van der Waals surface area contributed by atoms with Crippen molar-refractivity contribution in [2.75, 3.05) is 6.61 Å². The van der Waals surface area contributed by atoms with Crippen LogP contribution < -0.4 is 0 Å². The predicted octanol–water partition coefficient (Wildman–Crippen LogP) is 1.40. The van der Waals surface area contributed by atoms with Crippen LogP contribution in [-0.4, -0.2) is 33.2 Å². The number of ether oxygens (including phenoxy) is 1. The molecule has 1 fully saturated rings. The van der Waals surface area contributed by atoms with Gasteiger partial charge in [-0.1, -0.05) is 0 Å². The summed E-state index contributed by atoms with van der Waals surface area (Å²) in [5.74, 6) is -1.04. The Balaban J connectivity index is 2.07. The van der Waals surface area contributed by atoms with Crippen molar-refractivity contribution >= 4 is 16.8 Å². The molecule has 1 aliphatic heterocycles. The van der Waals surface area contributed by atoms with Crippen molar-refractivity contribution < 1.29 is 23.3 Å². The zero-order valence-corrected chi connectivity index (χ0v) is 10.2. The van der Waals surface area contributed by atoms with E-state index in [1.165, 1.54) is 6.26 Å². The molecule has 0 aromatic carbocycles. The first kappa shape index (κ1) is 12.3. The lowest BCUT2D eigenvalue weighted by molar-refractivity contribution is 0.0661. The van der Waals surface area contributed by atoms with Gasteiger partial charge in [-0.15, -0.1) is 0 Å². The van der Waals surface area contributed by atoms with Crippen LogP contribution in [0.25, 0.3) is 0 Å². The second-order valence-electron chi connectivity index (χ2n) is 4.01. The van der Waals surface area contributed by atoms with E-state index in [9.17, 15) is 9.00 Å². The lowest BCUT2D eigenvalue weighted by Gasteiger charge is -2.13. The highest BCUT2D eigenvalue weighted by atomic mass is 32.2. The number of furan rings is 1. The van der Waals surface area contributed by atoms with Crippen LogP contribution in [-0.2, 0) is 21.3 Å². The van der Waals surface area contributed by atoms with Crippen molar-refractivity contribution in [2.24, 2.45) is 0 Å². The van der Waals surface area contributed by atoms with Crippen LogP contribution in [0.3, 0.4) is 0 Å². The molecule has 1 N–H and O–H groups in total. The Hall–Kier alpha value is -1.14. The summed E-state index contributed by atoms with van der Waals surface area (Å²) < 4.78 is 22.3. The minimum atomic E-state index is -1.13. The van der Waals surface area contributed by atoms with Gasteiger partial charge >= 0.3 is 5.97 Å².